The number of rotatable bonds is 6. The molecule has 2 aromatic rings. The zero-order valence-electron chi connectivity index (χ0n) is 11.8. The molecule has 1 aromatic heterocycles. The normalized spacial score (nSPS) is 12.3. The summed E-state index contributed by atoms with van der Waals surface area (Å²) in [5, 5.41) is 3.59. The van der Waals surface area contributed by atoms with Gasteiger partial charge in [0.05, 0.1) is 0 Å². The van der Waals surface area contributed by atoms with Crippen molar-refractivity contribution in [2.75, 3.05) is 6.54 Å². The summed E-state index contributed by atoms with van der Waals surface area (Å²) in [5.74, 6) is 0. The van der Waals surface area contributed by atoms with E-state index in [2.05, 4.69) is 60.5 Å². The van der Waals surface area contributed by atoms with Crippen LogP contribution in [0.25, 0.3) is 0 Å². The Labute approximate surface area is 115 Å². The zero-order valence-corrected chi connectivity index (χ0v) is 11.8. The molecule has 1 unspecified atom stereocenters. The molecular formula is C17H22N2. The first-order valence-electron chi connectivity index (χ1n) is 6.99. The Morgan fingerprint density at radius 3 is 2.53 bits per heavy atom. The highest BCUT2D eigenvalue weighted by molar-refractivity contribution is 5.29. The standard InChI is InChI=1S/C17H22N2/c1-3-19-17(16-7-5-4-6-14(16)2)9-8-15-10-12-18-13-11-15/h4-7,10-13,17,19H,3,8-9H2,1-2H3. The van der Waals surface area contributed by atoms with E-state index < -0.39 is 0 Å². The van der Waals surface area contributed by atoms with Gasteiger partial charge in [-0.05, 0) is 55.1 Å². The molecule has 2 nitrogen and oxygen atoms in total. The SMILES string of the molecule is CCNC(CCc1ccncc1)c1ccccc1C. The van der Waals surface area contributed by atoms with Crippen LogP contribution in [-0.4, -0.2) is 11.5 Å². The average Bonchev–Trinajstić information content (AvgIpc) is 2.45. The van der Waals surface area contributed by atoms with Crippen LogP contribution in [0.5, 0.6) is 0 Å². The summed E-state index contributed by atoms with van der Waals surface area (Å²) in [4.78, 5) is 4.07. The highest BCUT2D eigenvalue weighted by Gasteiger charge is 2.12. The minimum atomic E-state index is 0.430. The molecule has 100 valence electrons. The molecule has 1 N–H and O–H groups in total. The second-order valence-corrected chi connectivity index (χ2v) is 4.86. The lowest BCUT2D eigenvalue weighted by atomic mass is 9.96. The first-order valence-corrected chi connectivity index (χ1v) is 6.99. The van der Waals surface area contributed by atoms with Gasteiger partial charge in [0.2, 0.25) is 0 Å². The van der Waals surface area contributed by atoms with Crippen molar-refractivity contribution in [1.82, 2.24) is 10.3 Å². The fourth-order valence-corrected chi connectivity index (χ4v) is 2.45. The predicted molar refractivity (Wildman–Crippen MR) is 80.2 cm³/mol. The molecule has 2 rings (SSSR count). The van der Waals surface area contributed by atoms with E-state index in [0.29, 0.717) is 6.04 Å². The molecule has 0 aliphatic rings. The van der Waals surface area contributed by atoms with E-state index >= 15 is 0 Å². The molecule has 0 aliphatic heterocycles. The minimum Gasteiger partial charge on any atom is -0.310 e. The number of nitrogens with zero attached hydrogens (tertiary/aromatic N) is 1. The van der Waals surface area contributed by atoms with E-state index in [1.807, 2.05) is 12.4 Å². The second kappa shape index (κ2) is 7.05. The monoisotopic (exact) mass is 254 g/mol. The second-order valence-electron chi connectivity index (χ2n) is 4.86. The van der Waals surface area contributed by atoms with Crippen molar-refractivity contribution in [3.05, 3.63) is 65.5 Å². The van der Waals surface area contributed by atoms with Crippen LogP contribution in [0.1, 0.15) is 36.1 Å². The number of nitrogens with one attached hydrogen (secondary N) is 1. The summed E-state index contributed by atoms with van der Waals surface area (Å²) in [7, 11) is 0. The molecule has 0 spiro atoms. The summed E-state index contributed by atoms with van der Waals surface area (Å²) < 4.78 is 0. The Morgan fingerprint density at radius 2 is 1.84 bits per heavy atom. The van der Waals surface area contributed by atoms with Crippen LogP contribution < -0.4 is 5.32 Å². The lowest BCUT2D eigenvalue weighted by molar-refractivity contribution is 0.513. The highest BCUT2D eigenvalue weighted by atomic mass is 14.9. The van der Waals surface area contributed by atoms with Gasteiger partial charge in [0.25, 0.3) is 0 Å². The minimum absolute atomic E-state index is 0.430. The summed E-state index contributed by atoms with van der Waals surface area (Å²) in [6.45, 7) is 5.35. The molecule has 0 radical (unpaired) electrons. The van der Waals surface area contributed by atoms with Crippen molar-refractivity contribution in [2.45, 2.75) is 32.7 Å². The largest absolute Gasteiger partial charge is 0.310 e. The Balaban J connectivity index is 2.07. The molecular weight excluding hydrogens is 232 g/mol. The van der Waals surface area contributed by atoms with Gasteiger partial charge in [-0.15, -0.1) is 0 Å². The molecule has 1 heterocycles. The van der Waals surface area contributed by atoms with E-state index in [1.54, 1.807) is 0 Å². The summed E-state index contributed by atoms with van der Waals surface area (Å²) in [6, 6.07) is 13.3. The Morgan fingerprint density at radius 1 is 1.11 bits per heavy atom. The third-order valence-corrected chi connectivity index (χ3v) is 3.49. The molecule has 0 amide bonds. The van der Waals surface area contributed by atoms with Gasteiger partial charge in [-0.25, -0.2) is 0 Å². The fraction of sp³-hybridized carbons (Fsp3) is 0.353. The summed E-state index contributed by atoms with van der Waals surface area (Å²) in [6.07, 6.45) is 5.92. The number of hydrogen-bond donors (Lipinski definition) is 1. The van der Waals surface area contributed by atoms with Crippen LogP contribution in [0.3, 0.4) is 0 Å². The van der Waals surface area contributed by atoms with Crippen molar-refractivity contribution < 1.29 is 0 Å². The molecule has 0 aliphatic carbocycles. The average molecular weight is 254 g/mol. The van der Waals surface area contributed by atoms with Crippen LogP contribution in [-0.2, 0) is 6.42 Å². The predicted octanol–water partition coefficient (Wildman–Crippen LogP) is 3.67. The topological polar surface area (TPSA) is 24.9 Å². The first-order chi connectivity index (χ1) is 9.31. The molecule has 0 saturated carbocycles. The molecule has 19 heavy (non-hydrogen) atoms. The number of benzene rings is 1. The van der Waals surface area contributed by atoms with E-state index in [9.17, 15) is 0 Å². The van der Waals surface area contributed by atoms with Gasteiger partial charge in [-0.2, -0.15) is 0 Å². The van der Waals surface area contributed by atoms with Crippen molar-refractivity contribution in [3.8, 4) is 0 Å². The Kier molecular flexibility index (Phi) is 5.10. The van der Waals surface area contributed by atoms with Gasteiger partial charge in [0, 0.05) is 18.4 Å². The molecule has 0 fully saturated rings. The number of aryl methyl sites for hydroxylation is 2. The fourth-order valence-electron chi connectivity index (χ4n) is 2.45. The summed E-state index contributed by atoms with van der Waals surface area (Å²) in [5.41, 5.74) is 4.13. The van der Waals surface area contributed by atoms with Gasteiger partial charge in [-0.1, -0.05) is 31.2 Å². The third-order valence-electron chi connectivity index (χ3n) is 3.49. The van der Waals surface area contributed by atoms with E-state index in [-0.39, 0.29) is 0 Å². The van der Waals surface area contributed by atoms with Crippen LogP contribution >= 0.6 is 0 Å². The van der Waals surface area contributed by atoms with Crippen LogP contribution in [0.4, 0.5) is 0 Å². The maximum atomic E-state index is 4.07. The first kappa shape index (κ1) is 13.8. The lowest BCUT2D eigenvalue weighted by Gasteiger charge is -2.20. The number of hydrogen-bond acceptors (Lipinski definition) is 2. The van der Waals surface area contributed by atoms with Gasteiger partial charge >= 0.3 is 0 Å². The smallest absolute Gasteiger partial charge is 0.0325 e. The molecule has 1 atom stereocenters. The van der Waals surface area contributed by atoms with Crippen LogP contribution in [0, 0.1) is 6.92 Å². The highest BCUT2D eigenvalue weighted by Crippen LogP contribution is 2.22. The summed E-state index contributed by atoms with van der Waals surface area (Å²) >= 11 is 0. The van der Waals surface area contributed by atoms with Gasteiger partial charge in [0.1, 0.15) is 0 Å². The number of pyridine rings is 1. The van der Waals surface area contributed by atoms with E-state index in [1.165, 1.54) is 16.7 Å². The maximum Gasteiger partial charge on any atom is 0.0325 e. The van der Waals surface area contributed by atoms with Crippen LogP contribution in [0.15, 0.2) is 48.8 Å². The van der Waals surface area contributed by atoms with Gasteiger partial charge in [-0.3, -0.25) is 4.98 Å². The third kappa shape index (κ3) is 3.90. The quantitative estimate of drug-likeness (QED) is 0.850. The van der Waals surface area contributed by atoms with Crippen molar-refractivity contribution in [2.24, 2.45) is 0 Å². The maximum absolute atomic E-state index is 4.07. The van der Waals surface area contributed by atoms with Crippen molar-refractivity contribution in [3.63, 3.8) is 0 Å². The lowest BCUT2D eigenvalue weighted by Crippen LogP contribution is -2.22. The zero-order chi connectivity index (χ0) is 13.5. The van der Waals surface area contributed by atoms with E-state index in [0.717, 1.165) is 19.4 Å². The van der Waals surface area contributed by atoms with Gasteiger partial charge in [0.15, 0.2) is 0 Å². The Hall–Kier alpha value is -1.67. The molecule has 0 saturated heterocycles. The van der Waals surface area contributed by atoms with E-state index in [4.69, 9.17) is 0 Å². The van der Waals surface area contributed by atoms with Gasteiger partial charge < -0.3 is 5.32 Å². The Bertz CT molecular complexity index is 494. The van der Waals surface area contributed by atoms with Crippen molar-refractivity contribution in [1.29, 1.82) is 0 Å². The van der Waals surface area contributed by atoms with Crippen LogP contribution in [0.2, 0.25) is 0 Å². The van der Waals surface area contributed by atoms with Crippen molar-refractivity contribution >= 4 is 0 Å². The molecule has 2 heteroatoms. The molecule has 1 aromatic carbocycles. The molecule has 0 bridgehead atoms. The number of aromatic nitrogens is 1.